The smallest absolute Gasteiger partial charge is 0.142 e. The van der Waals surface area contributed by atoms with Crippen LogP contribution in [0.25, 0.3) is 0 Å². The summed E-state index contributed by atoms with van der Waals surface area (Å²) in [5.41, 5.74) is 6.85. The lowest BCUT2D eigenvalue weighted by atomic mass is 9.76. The van der Waals surface area contributed by atoms with Crippen molar-refractivity contribution in [3.63, 3.8) is 0 Å². The molecule has 0 radical (unpaired) electrons. The van der Waals surface area contributed by atoms with Gasteiger partial charge in [0.1, 0.15) is 5.82 Å². The normalized spacial score (nSPS) is 24.9. The molecule has 0 saturated heterocycles. The first kappa shape index (κ1) is 12.8. The van der Waals surface area contributed by atoms with Gasteiger partial charge in [-0.05, 0) is 55.3 Å². The predicted octanol–water partition coefficient (Wildman–Crippen LogP) is 3.79. The summed E-state index contributed by atoms with van der Waals surface area (Å²) in [6, 6.07) is 5.13. The highest BCUT2D eigenvalue weighted by Gasteiger charge is 2.24. The Labute approximate surface area is 107 Å². The van der Waals surface area contributed by atoms with Gasteiger partial charge in [-0.3, -0.25) is 0 Å². The van der Waals surface area contributed by atoms with Crippen molar-refractivity contribution in [1.29, 1.82) is 0 Å². The molecule has 0 aromatic heterocycles. The van der Waals surface area contributed by atoms with E-state index in [1.807, 2.05) is 6.07 Å². The maximum Gasteiger partial charge on any atom is 0.142 e. The van der Waals surface area contributed by atoms with Gasteiger partial charge in [0.15, 0.2) is 0 Å². The van der Waals surface area contributed by atoms with E-state index in [2.05, 4.69) is 0 Å². The molecule has 1 nitrogen and oxygen atoms in total. The summed E-state index contributed by atoms with van der Waals surface area (Å²) >= 11 is 5.68. The molecule has 1 fully saturated rings. The quantitative estimate of drug-likeness (QED) is 0.874. The molecular formula is C14H19ClFN. The first-order valence-electron chi connectivity index (χ1n) is 6.34. The highest BCUT2D eigenvalue weighted by molar-refractivity contribution is 6.30. The molecule has 0 bridgehead atoms. The Morgan fingerprint density at radius 2 is 1.94 bits per heavy atom. The van der Waals surface area contributed by atoms with Gasteiger partial charge >= 0.3 is 0 Å². The largest absolute Gasteiger partial charge is 0.330 e. The van der Waals surface area contributed by atoms with Crippen molar-refractivity contribution in [3.8, 4) is 0 Å². The summed E-state index contributed by atoms with van der Waals surface area (Å²) < 4.78 is 13.4. The van der Waals surface area contributed by atoms with E-state index in [9.17, 15) is 4.39 Å². The van der Waals surface area contributed by atoms with Gasteiger partial charge in [0.05, 0.1) is 5.02 Å². The van der Waals surface area contributed by atoms with E-state index in [1.165, 1.54) is 25.7 Å². The van der Waals surface area contributed by atoms with Crippen molar-refractivity contribution < 1.29 is 4.39 Å². The van der Waals surface area contributed by atoms with Crippen molar-refractivity contribution in [3.05, 3.63) is 34.6 Å². The van der Waals surface area contributed by atoms with Gasteiger partial charge in [-0.1, -0.05) is 30.5 Å². The topological polar surface area (TPSA) is 26.0 Å². The Morgan fingerprint density at radius 3 is 2.59 bits per heavy atom. The fraction of sp³-hybridized carbons (Fsp3) is 0.571. The highest BCUT2D eigenvalue weighted by atomic mass is 35.5. The molecular weight excluding hydrogens is 237 g/mol. The number of hydrogen-bond acceptors (Lipinski definition) is 1. The maximum absolute atomic E-state index is 13.4. The molecule has 1 saturated carbocycles. The van der Waals surface area contributed by atoms with E-state index in [-0.39, 0.29) is 10.8 Å². The Hall–Kier alpha value is -0.600. The van der Waals surface area contributed by atoms with Crippen molar-refractivity contribution in [2.75, 3.05) is 6.54 Å². The number of halogens is 2. The molecule has 0 spiro atoms. The highest BCUT2D eigenvalue weighted by Crippen LogP contribution is 2.32. The van der Waals surface area contributed by atoms with Crippen molar-refractivity contribution in [2.24, 2.45) is 17.6 Å². The van der Waals surface area contributed by atoms with E-state index in [0.29, 0.717) is 11.8 Å². The molecule has 2 N–H and O–H groups in total. The fourth-order valence-electron chi connectivity index (χ4n) is 2.83. The molecule has 17 heavy (non-hydrogen) atoms. The molecule has 3 heteroatoms. The van der Waals surface area contributed by atoms with Crippen LogP contribution in [0.15, 0.2) is 18.2 Å². The van der Waals surface area contributed by atoms with E-state index < -0.39 is 0 Å². The molecule has 2 unspecified atom stereocenters. The van der Waals surface area contributed by atoms with Crippen LogP contribution in [0.5, 0.6) is 0 Å². The first-order valence-corrected chi connectivity index (χ1v) is 6.72. The van der Waals surface area contributed by atoms with Gasteiger partial charge in [-0.25, -0.2) is 4.39 Å². The monoisotopic (exact) mass is 255 g/mol. The third-order valence-electron chi connectivity index (χ3n) is 3.85. The minimum atomic E-state index is -0.315. The molecule has 1 aromatic rings. The second-order valence-electron chi connectivity index (χ2n) is 4.99. The number of nitrogens with two attached hydrogens (primary N) is 1. The Bertz CT molecular complexity index is 380. The molecule has 2 rings (SSSR count). The van der Waals surface area contributed by atoms with Crippen LogP contribution < -0.4 is 5.73 Å². The van der Waals surface area contributed by atoms with Gasteiger partial charge in [-0.2, -0.15) is 0 Å². The maximum atomic E-state index is 13.4. The lowest BCUT2D eigenvalue weighted by molar-refractivity contribution is 0.242. The summed E-state index contributed by atoms with van der Waals surface area (Å²) in [6.45, 7) is 0.751. The van der Waals surface area contributed by atoms with Crippen LogP contribution in [-0.4, -0.2) is 6.54 Å². The van der Waals surface area contributed by atoms with E-state index in [4.69, 9.17) is 17.3 Å². The van der Waals surface area contributed by atoms with Crippen LogP contribution in [0.3, 0.4) is 0 Å². The molecule has 1 aliphatic rings. The summed E-state index contributed by atoms with van der Waals surface area (Å²) in [4.78, 5) is 0. The Morgan fingerprint density at radius 1 is 1.24 bits per heavy atom. The van der Waals surface area contributed by atoms with Gasteiger partial charge in [-0.15, -0.1) is 0 Å². The molecule has 0 amide bonds. The fourth-order valence-corrected chi connectivity index (χ4v) is 2.95. The van der Waals surface area contributed by atoms with E-state index in [1.54, 1.807) is 12.1 Å². The molecule has 0 heterocycles. The lowest BCUT2D eigenvalue weighted by Gasteiger charge is -2.30. The molecule has 1 aromatic carbocycles. The Kier molecular flexibility index (Phi) is 4.41. The first-order chi connectivity index (χ1) is 8.20. The summed E-state index contributed by atoms with van der Waals surface area (Å²) in [7, 11) is 0. The number of rotatable bonds is 3. The van der Waals surface area contributed by atoms with E-state index in [0.717, 1.165) is 18.5 Å². The predicted molar refractivity (Wildman–Crippen MR) is 69.6 cm³/mol. The van der Waals surface area contributed by atoms with Crippen molar-refractivity contribution in [1.82, 2.24) is 0 Å². The van der Waals surface area contributed by atoms with Gasteiger partial charge < -0.3 is 5.73 Å². The van der Waals surface area contributed by atoms with Gasteiger partial charge in [0.25, 0.3) is 0 Å². The van der Waals surface area contributed by atoms with Crippen molar-refractivity contribution in [2.45, 2.75) is 32.1 Å². The van der Waals surface area contributed by atoms with E-state index >= 15 is 0 Å². The van der Waals surface area contributed by atoms with Crippen LogP contribution in [0.4, 0.5) is 4.39 Å². The SMILES string of the molecule is NCC1CCCCC1Cc1ccc(Cl)c(F)c1. The minimum Gasteiger partial charge on any atom is -0.330 e. The van der Waals surface area contributed by atoms with Crippen LogP contribution in [0.1, 0.15) is 31.2 Å². The zero-order valence-corrected chi connectivity index (χ0v) is 10.7. The summed E-state index contributed by atoms with van der Waals surface area (Å²) in [5.74, 6) is 0.890. The minimum absolute atomic E-state index is 0.202. The van der Waals surface area contributed by atoms with Gasteiger partial charge in [0.2, 0.25) is 0 Å². The average Bonchev–Trinajstić information content (AvgIpc) is 2.34. The van der Waals surface area contributed by atoms with Gasteiger partial charge in [0, 0.05) is 0 Å². The average molecular weight is 256 g/mol. The van der Waals surface area contributed by atoms with Crippen LogP contribution in [-0.2, 0) is 6.42 Å². The van der Waals surface area contributed by atoms with Crippen LogP contribution in [0.2, 0.25) is 5.02 Å². The zero-order chi connectivity index (χ0) is 12.3. The molecule has 94 valence electrons. The zero-order valence-electron chi connectivity index (χ0n) is 9.96. The summed E-state index contributed by atoms with van der Waals surface area (Å²) in [5, 5.41) is 0.202. The Balaban J connectivity index is 2.05. The third-order valence-corrected chi connectivity index (χ3v) is 4.16. The molecule has 1 aliphatic carbocycles. The summed E-state index contributed by atoms with van der Waals surface area (Å²) in [6.07, 6.45) is 5.92. The number of hydrogen-bond donors (Lipinski definition) is 1. The van der Waals surface area contributed by atoms with Crippen LogP contribution in [0, 0.1) is 17.7 Å². The lowest BCUT2D eigenvalue weighted by Crippen LogP contribution is -2.28. The van der Waals surface area contributed by atoms with Crippen molar-refractivity contribution >= 4 is 11.6 Å². The number of benzene rings is 1. The second-order valence-corrected chi connectivity index (χ2v) is 5.40. The molecule has 0 aliphatic heterocycles. The third kappa shape index (κ3) is 3.20. The second kappa shape index (κ2) is 5.83. The standard InChI is InChI=1S/C14H19ClFN/c15-13-6-5-10(8-14(13)16)7-11-3-1-2-4-12(11)9-17/h5-6,8,11-12H,1-4,7,9,17H2. The molecule has 2 atom stereocenters. The van der Waals surface area contributed by atoms with Crippen LogP contribution >= 0.6 is 11.6 Å².